The summed E-state index contributed by atoms with van der Waals surface area (Å²) in [6.07, 6.45) is 2.02. The van der Waals surface area contributed by atoms with Crippen LogP contribution in [-0.4, -0.2) is 29.0 Å². The smallest absolute Gasteiger partial charge is 0.258 e. The van der Waals surface area contributed by atoms with Gasteiger partial charge in [-0.05, 0) is 20.3 Å². The van der Waals surface area contributed by atoms with Crippen molar-refractivity contribution >= 4 is 5.91 Å². The zero-order valence-corrected chi connectivity index (χ0v) is 13.9. The van der Waals surface area contributed by atoms with Gasteiger partial charge in [-0.1, -0.05) is 43.2 Å². The van der Waals surface area contributed by atoms with Gasteiger partial charge >= 0.3 is 0 Å². The minimum Gasteiger partial charge on any atom is -0.467 e. The summed E-state index contributed by atoms with van der Waals surface area (Å²) in [6, 6.07) is 9.72. The summed E-state index contributed by atoms with van der Waals surface area (Å²) in [5.41, 5.74) is 2.91. The third-order valence-electron chi connectivity index (χ3n) is 3.34. The number of nitrogens with zero attached hydrogens (tertiary/aromatic N) is 2. The van der Waals surface area contributed by atoms with Crippen LogP contribution < -0.4 is 10.1 Å². The highest BCUT2D eigenvalue weighted by molar-refractivity contribution is 5.77. The van der Waals surface area contributed by atoms with Crippen molar-refractivity contribution in [1.82, 2.24) is 15.3 Å². The van der Waals surface area contributed by atoms with Crippen LogP contribution in [0.2, 0.25) is 0 Å². The maximum atomic E-state index is 11.7. The predicted molar refractivity (Wildman–Crippen MR) is 90.4 cm³/mol. The molecule has 5 nitrogen and oxygen atoms in total. The van der Waals surface area contributed by atoms with E-state index in [1.165, 1.54) is 5.56 Å². The molecule has 23 heavy (non-hydrogen) atoms. The van der Waals surface area contributed by atoms with Gasteiger partial charge in [0.25, 0.3) is 5.91 Å². The maximum absolute atomic E-state index is 11.7. The number of benzene rings is 1. The molecule has 0 atom stereocenters. The summed E-state index contributed by atoms with van der Waals surface area (Å²) >= 11 is 0. The van der Waals surface area contributed by atoms with E-state index >= 15 is 0 Å². The molecule has 2 aromatic rings. The topological polar surface area (TPSA) is 64.1 Å². The molecule has 1 aromatic heterocycles. The molecule has 0 aliphatic carbocycles. The number of rotatable bonds is 7. The van der Waals surface area contributed by atoms with Gasteiger partial charge in [-0.2, -0.15) is 4.98 Å². The number of amides is 1. The van der Waals surface area contributed by atoms with Crippen LogP contribution in [0.25, 0.3) is 11.4 Å². The second kappa shape index (κ2) is 8.27. The predicted octanol–water partition coefficient (Wildman–Crippen LogP) is 3.06. The third kappa shape index (κ3) is 5.36. The Kier molecular flexibility index (Phi) is 6.09. The van der Waals surface area contributed by atoms with Crippen molar-refractivity contribution < 1.29 is 9.53 Å². The monoisotopic (exact) mass is 313 g/mol. The van der Waals surface area contributed by atoms with Gasteiger partial charge in [0.1, 0.15) is 0 Å². The number of carbonyl (C=O) groups excluding carboxylic acids is 1. The molecular weight excluding hydrogens is 290 g/mol. The SMILES string of the molecule is CCCCNC(=O)COc1cc(C)nc(-c2ccc(C)cc2)n1. The van der Waals surface area contributed by atoms with Gasteiger partial charge < -0.3 is 10.1 Å². The number of nitrogens with one attached hydrogen (secondary N) is 1. The fraction of sp³-hybridized carbons (Fsp3) is 0.389. The third-order valence-corrected chi connectivity index (χ3v) is 3.34. The van der Waals surface area contributed by atoms with Crippen molar-refractivity contribution in [3.63, 3.8) is 0 Å². The highest BCUT2D eigenvalue weighted by Gasteiger charge is 2.08. The molecule has 1 amide bonds. The van der Waals surface area contributed by atoms with E-state index in [4.69, 9.17) is 4.74 Å². The molecule has 0 aliphatic heterocycles. The van der Waals surface area contributed by atoms with Crippen LogP contribution in [0.5, 0.6) is 5.88 Å². The number of hydrogen-bond donors (Lipinski definition) is 1. The summed E-state index contributed by atoms with van der Waals surface area (Å²) in [5, 5.41) is 2.81. The standard InChI is InChI=1S/C18H23N3O2/c1-4-5-10-19-16(22)12-23-17-11-14(3)20-18(21-17)15-8-6-13(2)7-9-15/h6-9,11H,4-5,10,12H2,1-3H3,(H,19,22). The molecule has 2 rings (SSSR count). The molecule has 0 spiro atoms. The lowest BCUT2D eigenvalue weighted by atomic mass is 10.1. The van der Waals surface area contributed by atoms with Gasteiger partial charge in [0.05, 0.1) is 0 Å². The maximum Gasteiger partial charge on any atom is 0.258 e. The molecule has 0 saturated carbocycles. The minimum atomic E-state index is -0.133. The van der Waals surface area contributed by atoms with E-state index in [1.807, 2.05) is 38.1 Å². The molecule has 0 unspecified atom stereocenters. The normalized spacial score (nSPS) is 10.4. The molecule has 0 fully saturated rings. The first-order valence-electron chi connectivity index (χ1n) is 7.90. The largest absolute Gasteiger partial charge is 0.467 e. The first-order chi connectivity index (χ1) is 11.1. The number of aromatic nitrogens is 2. The van der Waals surface area contributed by atoms with E-state index in [0.29, 0.717) is 18.2 Å². The van der Waals surface area contributed by atoms with Crippen molar-refractivity contribution in [2.75, 3.05) is 13.2 Å². The van der Waals surface area contributed by atoms with Crippen LogP contribution in [0.4, 0.5) is 0 Å². The second-order valence-electron chi connectivity index (χ2n) is 5.53. The summed E-state index contributed by atoms with van der Waals surface area (Å²) < 4.78 is 5.50. The summed E-state index contributed by atoms with van der Waals surface area (Å²) in [4.78, 5) is 20.5. The molecule has 1 heterocycles. The zero-order chi connectivity index (χ0) is 16.7. The molecule has 0 bridgehead atoms. The molecule has 5 heteroatoms. The van der Waals surface area contributed by atoms with E-state index < -0.39 is 0 Å². The molecule has 1 aromatic carbocycles. The Morgan fingerprint density at radius 1 is 1.17 bits per heavy atom. The Hall–Kier alpha value is -2.43. The van der Waals surface area contributed by atoms with Gasteiger partial charge in [0, 0.05) is 23.9 Å². The Morgan fingerprint density at radius 2 is 1.91 bits per heavy atom. The zero-order valence-electron chi connectivity index (χ0n) is 13.9. The van der Waals surface area contributed by atoms with Crippen LogP contribution in [-0.2, 0) is 4.79 Å². The summed E-state index contributed by atoms with van der Waals surface area (Å²) in [5.74, 6) is 0.886. The van der Waals surface area contributed by atoms with Crippen molar-refractivity contribution in [2.45, 2.75) is 33.6 Å². The van der Waals surface area contributed by atoms with Crippen molar-refractivity contribution in [2.24, 2.45) is 0 Å². The molecule has 122 valence electrons. The van der Waals surface area contributed by atoms with Crippen LogP contribution in [0, 0.1) is 13.8 Å². The number of ether oxygens (including phenoxy) is 1. The average Bonchev–Trinajstić information content (AvgIpc) is 2.53. The second-order valence-corrected chi connectivity index (χ2v) is 5.53. The Morgan fingerprint density at radius 3 is 2.61 bits per heavy atom. The number of carbonyl (C=O) groups is 1. The fourth-order valence-electron chi connectivity index (χ4n) is 2.04. The van der Waals surface area contributed by atoms with Gasteiger partial charge in [0.15, 0.2) is 12.4 Å². The van der Waals surface area contributed by atoms with Gasteiger partial charge in [-0.25, -0.2) is 4.98 Å². The number of aryl methyl sites for hydroxylation is 2. The number of hydrogen-bond acceptors (Lipinski definition) is 4. The van der Waals surface area contributed by atoms with Crippen LogP contribution in [0.1, 0.15) is 31.0 Å². The molecule has 1 N–H and O–H groups in total. The fourth-order valence-corrected chi connectivity index (χ4v) is 2.04. The van der Waals surface area contributed by atoms with Gasteiger partial charge in [-0.3, -0.25) is 4.79 Å². The van der Waals surface area contributed by atoms with E-state index in [-0.39, 0.29) is 12.5 Å². The molecule has 0 radical (unpaired) electrons. The number of unbranched alkanes of at least 4 members (excludes halogenated alkanes) is 1. The average molecular weight is 313 g/mol. The van der Waals surface area contributed by atoms with Crippen molar-refractivity contribution in [3.05, 3.63) is 41.6 Å². The van der Waals surface area contributed by atoms with Gasteiger partial charge in [0.2, 0.25) is 5.88 Å². The Bertz CT molecular complexity index is 654. The van der Waals surface area contributed by atoms with E-state index in [2.05, 4.69) is 22.2 Å². The van der Waals surface area contributed by atoms with Crippen LogP contribution >= 0.6 is 0 Å². The van der Waals surface area contributed by atoms with E-state index in [0.717, 1.165) is 24.1 Å². The van der Waals surface area contributed by atoms with Crippen molar-refractivity contribution in [3.8, 4) is 17.3 Å². The van der Waals surface area contributed by atoms with Crippen LogP contribution in [0.15, 0.2) is 30.3 Å². The molecule has 0 saturated heterocycles. The quantitative estimate of drug-likeness (QED) is 0.798. The first-order valence-corrected chi connectivity index (χ1v) is 7.90. The van der Waals surface area contributed by atoms with Crippen molar-refractivity contribution in [1.29, 1.82) is 0 Å². The van der Waals surface area contributed by atoms with E-state index in [1.54, 1.807) is 6.07 Å². The molecular formula is C18H23N3O2. The van der Waals surface area contributed by atoms with E-state index in [9.17, 15) is 4.79 Å². The minimum absolute atomic E-state index is 0.0342. The highest BCUT2D eigenvalue weighted by Crippen LogP contribution is 2.19. The lowest BCUT2D eigenvalue weighted by molar-refractivity contribution is -0.123. The lowest BCUT2D eigenvalue weighted by Crippen LogP contribution is -2.29. The first kappa shape index (κ1) is 16.9. The highest BCUT2D eigenvalue weighted by atomic mass is 16.5. The Balaban J connectivity index is 2.03. The summed E-state index contributed by atoms with van der Waals surface area (Å²) in [7, 11) is 0. The lowest BCUT2D eigenvalue weighted by Gasteiger charge is -2.09. The van der Waals surface area contributed by atoms with Gasteiger partial charge in [-0.15, -0.1) is 0 Å². The summed E-state index contributed by atoms with van der Waals surface area (Å²) in [6.45, 7) is 6.64. The van der Waals surface area contributed by atoms with Crippen LogP contribution in [0.3, 0.4) is 0 Å². The molecule has 0 aliphatic rings. The Labute approximate surface area is 137 Å².